The predicted octanol–water partition coefficient (Wildman–Crippen LogP) is 1.04. The number of likely N-dealkylation sites (N-methyl/N-ethyl adjacent to an activating group) is 1. The number of anilines is 1. The lowest BCUT2D eigenvalue weighted by Crippen LogP contribution is -2.42. The van der Waals surface area contributed by atoms with Gasteiger partial charge in [-0.25, -0.2) is 0 Å². The first kappa shape index (κ1) is 8.59. The van der Waals surface area contributed by atoms with Gasteiger partial charge in [0.25, 0.3) is 5.91 Å². The number of hydrogen-bond donors (Lipinski definition) is 1. The summed E-state index contributed by atoms with van der Waals surface area (Å²) in [6.45, 7) is 0. The molecule has 0 saturated carbocycles. The third-order valence-corrected chi connectivity index (χ3v) is 3.11. The number of benzene rings is 1. The summed E-state index contributed by atoms with van der Waals surface area (Å²) >= 11 is 1.41. The molecule has 1 atom stereocenters. The van der Waals surface area contributed by atoms with Crippen LogP contribution in [0.5, 0.6) is 0 Å². The smallest absolute Gasteiger partial charge is 0.254 e. The Balaban J connectivity index is 2.49. The van der Waals surface area contributed by atoms with Crippen molar-refractivity contribution in [1.29, 1.82) is 0 Å². The van der Waals surface area contributed by atoms with E-state index in [0.29, 0.717) is 0 Å². The van der Waals surface area contributed by atoms with E-state index < -0.39 is 5.37 Å². The van der Waals surface area contributed by atoms with Gasteiger partial charge in [-0.15, -0.1) is 0 Å². The first-order chi connectivity index (χ1) is 6.20. The molecule has 4 heteroatoms. The van der Waals surface area contributed by atoms with Crippen LogP contribution in [0.15, 0.2) is 29.2 Å². The van der Waals surface area contributed by atoms with Crippen LogP contribution in [0.3, 0.4) is 0 Å². The third kappa shape index (κ3) is 1.32. The summed E-state index contributed by atoms with van der Waals surface area (Å²) in [5.74, 6) is -0.0382. The van der Waals surface area contributed by atoms with E-state index in [1.807, 2.05) is 24.3 Å². The average molecular weight is 194 g/mol. The molecule has 1 aromatic carbocycles. The van der Waals surface area contributed by atoms with E-state index in [2.05, 4.69) is 0 Å². The van der Waals surface area contributed by atoms with E-state index in [1.54, 1.807) is 11.9 Å². The largest absolute Gasteiger partial charge is 0.312 e. The van der Waals surface area contributed by atoms with Gasteiger partial charge in [0.05, 0.1) is 5.69 Å². The van der Waals surface area contributed by atoms with Crippen molar-refractivity contribution in [2.45, 2.75) is 10.3 Å². The maximum absolute atomic E-state index is 11.5. The van der Waals surface area contributed by atoms with Gasteiger partial charge in [-0.05, 0) is 12.1 Å². The number of nitrogens with zero attached hydrogens (tertiary/aromatic N) is 1. The van der Waals surface area contributed by atoms with Gasteiger partial charge in [-0.2, -0.15) is 0 Å². The number of rotatable bonds is 0. The molecule has 1 aliphatic heterocycles. The van der Waals surface area contributed by atoms with Crippen molar-refractivity contribution >= 4 is 23.4 Å². The molecule has 0 aromatic heterocycles. The maximum atomic E-state index is 11.5. The zero-order valence-corrected chi connectivity index (χ0v) is 8.04. The SMILES string of the molecule is CN1C(=O)C(N)Sc2ccccc21. The number of hydrogen-bond acceptors (Lipinski definition) is 3. The number of amides is 1. The summed E-state index contributed by atoms with van der Waals surface area (Å²) in [5, 5.41) is -0.458. The highest BCUT2D eigenvalue weighted by Gasteiger charge is 2.27. The second kappa shape index (κ2) is 3.05. The van der Waals surface area contributed by atoms with E-state index in [0.717, 1.165) is 10.6 Å². The molecule has 1 unspecified atom stereocenters. The van der Waals surface area contributed by atoms with Crippen molar-refractivity contribution < 1.29 is 4.79 Å². The summed E-state index contributed by atoms with van der Waals surface area (Å²) in [5.41, 5.74) is 6.60. The molecule has 0 spiro atoms. The molecule has 0 aliphatic carbocycles. The Morgan fingerprint density at radius 1 is 1.46 bits per heavy atom. The van der Waals surface area contributed by atoms with Gasteiger partial charge in [0.1, 0.15) is 5.37 Å². The number of fused-ring (bicyclic) bond motifs is 1. The summed E-state index contributed by atoms with van der Waals surface area (Å²) in [6.07, 6.45) is 0. The lowest BCUT2D eigenvalue weighted by Gasteiger charge is -2.28. The van der Waals surface area contributed by atoms with E-state index in [1.165, 1.54) is 11.8 Å². The van der Waals surface area contributed by atoms with Crippen LogP contribution in [0.4, 0.5) is 5.69 Å². The molecular formula is C9H10N2OS. The fraction of sp³-hybridized carbons (Fsp3) is 0.222. The first-order valence-corrected chi connectivity index (χ1v) is 4.87. The molecule has 68 valence electrons. The number of thioether (sulfide) groups is 1. The molecule has 2 rings (SSSR count). The molecule has 1 aliphatic rings. The van der Waals surface area contributed by atoms with Crippen LogP contribution in [0, 0.1) is 0 Å². The Morgan fingerprint density at radius 2 is 2.15 bits per heavy atom. The number of para-hydroxylation sites is 1. The van der Waals surface area contributed by atoms with Crippen molar-refractivity contribution in [2.24, 2.45) is 5.73 Å². The van der Waals surface area contributed by atoms with Gasteiger partial charge < -0.3 is 10.6 Å². The van der Waals surface area contributed by atoms with Crippen molar-refractivity contribution in [1.82, 2.24) is 0 Å². The molecule has 3 nitrogen and oxygen atoms in total. The summed E-state index contributed by atoms with van der Waals surface area (Å²) < 4.78 is 0. The van der Waals surface area contributed by atoms with Gasteiger partial charge in [0.2, 0.25) is 0 Å². The highest BCUT2D eigenvalue weighted by molar-refractivity contribution is 8.00. The second-order valence-corrected chi connectivity index (χ2v) is 4.09. The van der Waals surface area contributed by atoms with Crippen LogP contribution in [0.25, 0.3) is 0 Å². The Labute approximate surface area is 80.9 Å². The Hall–Kier alpha value is -1.00. The number of carbonyl (C=O) groups is 1. The number of carbonyl (C=O) groups excluding carboxylic acids is 1. The van der Waals surface area contributed by atoms with Crippen molar-refractivity contribution in [3.8, 4) is 0 Å². The van der Waals surface area contributed by atoms with Gasteiger partial charge in [-0.1, -0.05) is 23.9 Å². The molecular weight excluding hydrogens is 184 g/mol. The minimum Gasteiger partial charge on any atom is -0.312 e. The lowest BCUT2D eigenvalue weighted by atomic mass is 10.3. The van der Waals surface area contributed by atoms with Crippen molar-refractivity contribution in [3.63, 3.8) is 0 Å². The number of nitrogens with two attached hydrogens (primary N) is 1. The topological polar surface area (TPSA) is 46.3 Å². The Morgan fingerprint density at radius 3 is 2.92 bits per heavy atom. The van der Waals surface area contributed by atoms with Crippen LogP contribution in [-0.4, -0.2) is 18.3 Å². The zero-order valence-electron chi connectivity index (χ0n) is 7.23. The van der Waals surface area contributed by atoms with Gasteiger partial charge in [0.15, 0.2) is 0 Å². The molecule has 13 heavy (non-hydrogen) atoms. The van der Waals surface area contributed by atoms with E-state index >= 15 is 0 Å². The highest BCUT2D eigenvalue weighted by Crippen LogP contribution is 2.36. The monoisotopic (exact) mass is 194 g/mol. The van der Waals surface area contributed by atoms with Crippen LogP contribution in [0.2, 0.25) is 0 Å². The van der Waals surface area contributed by atoms with Crippen LogP contribution in [0.1, 0.15) is 0 Å². The molecule has 1 aromatic rings. The maximum Gasteiger partial charge on any atom is 0.254 e. The second-order valence-electron chi connectivity index (χ2n) is 2.90. The fourth-order valence-electron chi connectivity index (χ4n) is 1.33. The van der Waals surface area contributed by atoms with Gasteiger partial charge in [-0.3, -0.25) is 4.79 Å². The van der Waals surface area contributed by atoms with Crippen LogP contribution >= 0.6 is 11.8 Å². The van der Waals surface area contributed by atoms with E-state index in [4.69, 9.17) is 5.73 Å². The average Bonchev–Trinajstić information content (AvgIpc) is 2.15. The third-order valence-electron chi connectivity index (χ3n) is 2.05. The van der Waals surface area contributed by atoms with Crippen LogP contribution in [-0.2, 0) is 4.79 Å². The molecule has 2 N–H and O–H groups in total. The minimum absolute atomic E-state index is 0.0382. The Kier molecular flexibility index (Phi) is 2.01. The minimum atomic E-state index is -0.458. The van der Waals surface area contributed by atoms with Gasteiger partial charge in [0, 0.05) is 11.9 Å². The molecule has 0 saturated heterocycles. The lowest BCUT2D eigenvalue weighted by molar-refractivity contribution is -0.117. The Bertz CT molecular complexity index is 353. The summed E-state index contributed by atoms with van der Waals surface area (Å²) in [4.78, 5) is 14.1. The van der Waals surface area contributed by atoms with E-state index in [-0.39, 0.29) is 5.91 Å². The molecule has 0 bridgehead atoms. The predicted molar refractivity (Wildman–Crippen MR) is 53.7 cm³/mol. The van der Waals surface area contributed by atoms with Crippen molar-refractivity contribution in [3.05, 3.63) is 24.3 Å². The highest BCUT2D eigenvalue weighted by atomic mass is 32.2. The fourth-order valence-corrected chi connectivity index (χ4v) is 2.35. The summed E-state index contributed by atoms with van der Waals surface area (Å²) in [6, 6.07) is 7.76. The molecule has 0 radical (unpaired) electrons. The van der Waals surface area contributed by atoms with E-state index in [9.17, 15) is 4.79 Å². The van der Waals surface area contributed by atoms with Crippen molar-refractivity contribution in [2.75, 3.05) is 11.9 Å². The molecule has 1 heterocycles. The standard InChI is InChI=1S/C9H10N2OS/c1-11-6-4-2-3-5-7(6)13-8(10)9(11)12/h2-5,8H,10H2,1H3. The van der Waals surface area contributed by atoms with Crippen LogP contribution < -0.4 is 10.6 Å². The first-order valence-electron chi connectivity index (χ1n) is 3.99. The quantitative estimate of drug-likeness (QED) is 0.671. The summed E-state index contributed by atoms with van der Waals surface area (Å²) in [7, 11) is 1.75. The molecule has 1 amide bonds. The zero-order chi connectivity index (χ0) is 9.42. The molecule has 0 fully saturated rings. The van der Waals surface area contributed by atoms with Gasteiger partial charge >= 0.3 is 0 Å². The normalized spacial score (nSPS) is 21.5.